The first-order valence-electron chi connectivity index (χ1n) is 14.3. The standard InChI is InChI=1S/C34H34Cl2FN3O4S/c1-23(2)38-34(42)32(20-25-10-5-4-6-11-25)39(21-27-28(35)12-9-13-29(27)36)33(41)22-40(31-15-8-7-14-30(31)37)45(43,44)26-18-16-24(3)17-19-26/h4-19,23,32H,20-22H2,1-3H3,(H,38,42). The van der Waals surface area contributed by atoms with Crippen LogP contribution in [0.1, 0.15) is 30.5 Å². The number of hydrogen-bond donors (Lipinski definition) is 1. The molecule has 11 heteroatoms. The average Bonchev–Trinajstić information content (AvgIpc) is 2.99. The molecule has 236 valence electrons. The number of sulfonamides is 1. The van der Waals surface area contributed by atoms with Crippen LogP contribution in [0.2, 0.25) is 10.0 Å². The summed E-state index contributed by atoms with van der Waals surface area (Å²) in [5, 5.41) is 3.41. The minimum absolute atomic E-state index is 0.109. The van der Waals surface area contributed by atoms with E-state index < -0.39 is 40.2 Å². The summed E-state index contributed by atoms with van der Waals surface area (Å²) in [4.78, 5) is 29.3. The molecule has 1 unspecified atom stereocenters. The number of nitrogens with one attached hydrogen (secondary N) is 1. The normalized spacial score (nSPS) is 12.1. The van der Waals surface area contributed by atoms with Gasteiger partial charge in [-0.15, -0.1) is 0 Å². The lowest BCUT2D eigenvalue weighted by Crippen LogP contribution is -2.54. The summed E-state index contributed by atoms with van der Waals surface area (Å²) in [6.45, 7) is 4.38. The molecule has 1 atom stereocenters. The van der Waals surface area contributed by atoms with Gasteiger partial charge in [-0.25, -0.2) is 12.8 Å². The van der Waals surface area contributed by atoms with Gasteiger partial charge in [0.2, 0.25) is 11.8 Å². The molecule has 0 aliphatic heterocycles. The zero-order chi connectivity index (χ0) is 32.7. The summed E-state index contributed by atoms with van der Waals surface area (Å²) < 4.78 is 44.0. The van der Waals surface area contributed by atoms with Crippen LogP contribution < -0.4 is 9.62 Å². The Morgan fingerprint density at radius 1 is 0.844 bits per heavy atom. The Bertz CT molecular complexity index is 1730. The molecule has 7 nitrogen and oxygen atoms in total. The van der Waals surface area contributed by atoms with Crippen molar-refractivity contribution >= 4 is 50.7 Å². The van der Waals surface area contributed by atoms with Crippen LogP contribution in [0.25, 0.3) is 0 Å². The van der Waals surface area contributed by atoms with Crippen LogP contribution in [-0.4, -0.2) is 43.8 Å². The van der Waals surface area contributed by atoms with E-state index in [0.29, 0.717) is 5.56 Å². The first-order chi connectivity index (χ1) is 21.4. The summed E-state index contributed by atoms with van der Waals surface area (Å²) in [6, 6.07) is 24.0. The fourth-order valence-corrected chi connectivity index (χ4v) is 6.73. The molecule has 4 aromatic rings. The molecule has 4 rings (SSSR count). The number of aryl methyl sites for hydroxylation is 1. The van der Waals surface area contributed by atoms with Crippen LogP contribution in [0, 0.1) is 12.7 Å². The maximum absolute atomic E-state index is 15.2. The Kier molecular flexibility index (Phi) is 11.3. The van der Waals surface area contributed by atoms with Gasteiger partial charge in [0.15, 0.2) is 0 Å². The highest BCUT2D eigenvalue weighted by atomic mass is 35.5. The fourth-order valence-electron chi connectivity index (χ4n) is 4.79. The van der Waals surface area contributed by atoms with E-state index in [1.54, 1.807) is 51.1 Å². The zero-order valence-corrected chi connectivity index (χ0v) is 27.4. The van der Waals surface area contributed by atoms with Crippen LogP contribution in [0.15, 0.2) is 102 Å². The lowest BCUT2D eigenvalue weighted by atomic mass is 10.0. The number of benzene rings is 4. The van der Waals surface area contributed by atoms with Crippen molar-refractivity contribution in [3.8, 4) is 0 Å². The highest BCUT2D eigenvalue weighted by Crippen LogP contribution is 2.30. The quantitative estimate of drug-likeness (QED) is 0.180. The largest absolute Gasteiger partial charge is 0.352 e. The van der Waals surface area contributed by atoms with Gasteiger partial charge in [0, 0.05) is 34.6 Å². The molecule has 0 saturated heterocycles. The van der Waals surface area contributed by atoms with E-state index in [1.165, 1.54) is 35.2 Å². The molecule has 0 aromatic heterocycles. The van der Waals surface area contributed by atoms with Crippen molar-refractivity contribution in [2.45, 2.75) is 50.7 Å². The van der Waals surface area contributed by atoms with E-state index in [0.717, 1.165) is 21.5 Å². The van der Waals surface area contributed by atoms with Gasteiger partial charge in [0.1, 0.15) is 18.4 Å². The Hall–Kier alpha value is -3.92. The van der Waals surface area contributed by atoms with Gasteiger partial charge < -0.3 is 10.2 Å². The summed E-state index contributed by atoms with van der Waals surface area (Å²) >= 11 is 13.0. The SMILES string of the molecule is Cc1ccc(S(=O)(=O)N(CC(=O)N(Cc2c(Cl)cccc2Cl)C(Cc2ccccc2)C(=O)NC(C)C)c2ccccc2F)cc1. The molecule has 0 bridgehead atoms. The predicted molar refractivity (Wildman–Crippen MR) is 176 cm³/mol. The maximum atomic E-state index is 15.2. The molecule has 2 amide bonds. The fraction of sp³-hybridized carbons (Fsp3) is 0.235. The molecule has 0 spiro atoms. The number of carbonyl (C=O) groups is 2. The monoisotopic (exact) mass is 669 g/mol. The van der Waals surface area contributed by atoms with Crippen LogP contribution in [0.4, 0.5) is 10.1 Å². The third kappa shape index (κ3) is 8.42. The molecule has 0 radical (unpaired) electrons. The summed E-state index contributed by atoms with van der Waals surface area (Å²) in [5.74, 6) is -2.05. The third-order valence-corrected chi connectivity index (χ3v) is 9.58. The number of nitrogens with zero attached hydrogens (tertiary/aromatic N) is 2. The van der Waals surface area contributed by atoms with Crippen molar-refractivity contribution in [3.63, 3.8) is 0 Å². The van der Waals surface area contributed by atoms with E-state index >= 15 is 4.39 Å². The van der Waals surface area contributed by atoms with Gasteiger partial charge in [0.25, 0.3) is 10.0 Å². The minimum atomic E-state index is -4.44. The van der Waals surface area contributed by atoms with E-state index in [2.05, 4.69) is 5.32 Å². The van der Waals surface area contributed by atoms with E-state index in [-0.39, 0.29) is 39.6 Å². The van der Waals surface area contributed by atoms with E-state index in [4.69, 9.17) is 23.2 Å². The van der Waals surface area contributed by atoms with Crippen molar-refractivity contribution in [2.24, 2.45) is 0 Å². The molecule has 1 N–H and O–H groups in total. The Morgan fingerprint density at radius 3 is 2.04 bits per heavy atom. The molecule has 0 heterocycles. The molecule has 0 saturated carbocycles. The van der Waals surface area contributed by atoms with E-state index in [1.807, 2.05) is 30.3 Å². The number of para-hydroxylation sites is 1. The second kappa shape index (κ2) is 14.9. The predicted octanol–water partition coefficient (Wildman–Crippen LogP) is 6.80. The molecule has 0 aliphatic rings. The van der Waals surface area contributed by atoms with Gasteiger partial charge in [-0.05, 0) is 62.7 Å². The average molecular weight is 671 g/mol. The number of halogens is 3. The number of amides is 2. The maximum Gasteiger partial charge on any atom is 0.264 e. The van der Waals surface area contributed by atoms with Crippen LogP contribution in [0.5, 0.6) is 0 Å². The van der Waals surface area contributed by atoms with Crippen molar-refractivity contribution < 1.29 is 22.4 Å². The second-order valence-electron chi connectivity index (χ2n) is 10.9. The van der Waals surface area contributed by atoms with E-state index in [9.17, 15) is 18.0 Å². The number of anilines is 1. The van der Waals surface area contributed by atoms with Gasteiger partial charge in [-0.3, -0.25) is 13.9 Å². The first kappa shape index (κ1) is 34.0. The molecule has 45 heavy (non-hydrogen) atoms. The Balaban J connectivity index is 1.85. The molecular formula is C34H34Cl2FN3O4S. The van der Waals surface area contributed by atoms with Crippen molar-refractivity contribution in [2.75, 3.05) is 10.8 Å². The van der Waals surface area contributed by atoms with Crippen molar-refractivity contribution in [3.05, 3.63) is 130 Å². The lowest BCUT2D eigenvalue weighted by Gasteiger charge is -2.34. The van der Waals surface area contributed by atoms with Gasteiger partial charge in [-0.1, -0.05) is 89.4 Å². The number of hydrogen-bond acceptors (Lipinski definition) is 4. The molecule has 0 fully saturated rings. The van der Waals surface area contributed by atoms with Crippen LogP contribution in [-0.2, 0) is 32.6 Å². The molecule has 0 aliphatic carbocycles. The van der Waals surface area contributed by atoms with Crippen LogP contribution >= 0.6 is 23.2 Å². The molecular weight excluding hydrogens is 636 g/mol. The Morgan fingerprint density at radius 2 is 1.44 bits per heavy atom. The summed E-state index contributed by atoms with van der Waals surface area (Å²) in [6.07, 6.45) is 0.109. The highest BCUT2D eigenvalue weighted by Gasteiger charge is 2.36. The van der Waals surface area contributed by atoms with Crippen molar-refractivity contribution in [1.82, 2.24) is 10.2 Å². The third-order valence-electron chi connectivity index (χ3n) is 7.10. The summed E-state index contributed by atoms with van der Waals surface area (Å²) in [5.41, 5.74) is 1.66. The molecule has 4 aromatic carbocycles. The second-order valence-corrected chi connectivity index (χ2v) is 13.5. The zero-order valence-electron chi connectivity index (χ0n) is 25.1. The number of carbonyl (C=O) groups excluding carboxylic acids is 2. The number of rotatable bonds is 12. The highest BCUT2D eigenvalue weighted by molar-refractivity contribution is 7.92. The van der Waals surface area contributed by atoms with Gasteiger partial charge in [0.05, 0.1) is 10.6 Å². The van der Waals surface area contributed by atoms with Gasteiger partial charge >= 0.3 is 0 Å². The van der Waals surface area contributed by atoms with Crippen LogP contribution in [0.3, 0.4) is 0 Å². The minimum Gasteiger partial charge on any atom is -0.352 e. The smallest absolute Gasteiger partial charge is 0.264 e. The summed E-state index contributed by atoms with van der Waals surface area (Å²) in [7, 11) is -4.44. The first-order valence-corrected chi connectivity index (χ1v) is 16.5. The Labute approximate surface area is 273 Å². The topological polar surface area (TPSA) is 86.8 Å². The van der Waals surface area contributed by atoms with Crippen molar-refractivity contribution in [1.29, 1.82) is 0 Å². The van der Waals surface area contributed by atoms with Gasteiger partial charge in [-0.2, -0.15) is 0 Å². The lowest BCUT2D eigenvalue weighted by molar-refractivity contribution is -0.140.